The van der Waals surface area contributed by atoms with Gasteiger partial charge in [0.1, 0.15) is 12.4 Å². The third-order valence-corrected chi connectivity index (χ3v) is 4.93. The summed E-state index contributed by atoms with van der Waals surface area (Å²) >= 11 is 0. The van der Waals surface area contributed by atoms with Crippen LogP contribution in [0.3, 0.4) is 0 Å². The maximum atomic E-state index is 12.1. The van der Waals surface area contributed by atoms with Gasteiger partial charge in [0.15, 0.2) is 0 Å². The number of rotatable bonds is 4. The van der Waals surface area contributed by atoms with Crippen molar-refractivity contribution in [1.29, 1.82) is 0 Å². The van der Waals surface area contributed by atoms with Crippen LogP contribution in [0.1, 0.15) is 11.1 Å². The second kappa shape index (κ2) is 5.35. The maximum absolute atomic E-state index is 12.1. The lowest BCUT2D eigenvalue weighted by Crippen LogP contribution is -2.02. The molecule has 0 saturated heterocycles. The average molecular weight is 301 g/mol. The molecule has 0 amide bonds. The summed E-state index contributed by atoms with van der Waals surface area (Å²) in [5.41, 5.74) is 7.87. The first-order valence-corrected chi connectivity index (χ1v) is 8.12. The number of fused-ring (bicyclic) bond motifs is 1. The highest BCUT2D eigenvalue weighted by Gasteiger charge is 2.27. The smallest absolute Gasteiger partial charge is 0.200 e. The minimum atomic E-state index is -3.37. The third kappa shape index (κ3) is 2.70. The van der Waals surface area contributed by atoms with Crippen LogP contribution in [-0.4, -0.2) is 15.0 Å². The van der Waals surface area contributed by atoms with E-state index >= 15 is 0 Å². The van der Waals surface area contributed by atoms with E-state index in [0.29, 0.717) is 28.3 Å². The lowest BCUT2D eigenvalue weighted by atomic mass is 10.1. The van der Waals surface area contributed by atoms with Crippen molar-refractivity contribution in [3.63, 3.8) is 0 Å². The Labute approximate surface area is 123 Å². The van der Waals surface area contributed by atoms with Gasteiger partial charge >= 0.3 is 0 Å². The summed E-state index contributed by atoms with van der Waals surface area (Å²) < 4.78 is 29.9. The molecular weight excluding hydrogens is 286 g/mol. The zero-order chi connectivity index (χ0) is 14.9. The fraction of sp³-hybridized carbons (Fsp3) is 0.125. The van der Waals surface area contributed by atoms with E-state index in [1.54, 1.807) is 12.1 Å². The van der Waals surface area contributed by atoms with Crippen molar-refractivity contribution < 1.29 is 13.2 Å². The van der Waals surface area contributed by atoms with Gasteiger partial charge < -0.3 is 10.5 Å². The fourth-order valence-electron chi connectivity index (χ4n) is 2.31. The van der Waals surface area contributed by atoms with Gasteiger partial charge in [0, 0.05) is 23.1 Å². The van der Waals surface area contributed by atoms with E-state index in [4.69, 9.17) is 10.5 Å². The Morgan fingerprint density at radius 3 is 2.52 bits per heavy atom. The number of benzene rings is 2. The number of ether oxygens (including phenoxy) is 1. The zero-order valence-corrected chi connectivity index (χ0v) is 12.1. The first kappa shape index (κ1) is 13.9. The molecule has 1 aliphatic heterocycles. The summed E-state index contributed by atoms with van der Waals surface area (Å²) in [7, 11) is -3.37. The lowest BCUT2D eigenvalue weighted by Gasteiger charge is -2.08. The summed E-state index contributed by atoms with van der Waals surface area (Å²) in [6, 6.07) is 14.5. The van der Waals surface area contributed by atoms with Crippen LogP contribution < -0.4 is 10.5 Å². The first-order valence-electron chi connectivity index (χ1n) is 6.57. The monoisotopic (exact) mass is 301 g/mol. The van der Waals surface area contributed by atoms with Crippen LogP contribution in [0.4, 0.5) is 0 Å². The largest absolute Gasteiger partial charge is 0.489 e. The van der Waals surface area contributed by atoms with Crippen molar-refractivity contribution >= 4 is 15.4 Å². The summed E-state index contributed by atoms with van der Waals surface area (Å²) in [4.78, 5) is 0.325. The molecule has 21 heavy (non-hydrogen) atoms. The van der Waals surface area contributed by atoms with E-state index in [1.165, 1.54) is 5.41 Å². The molecule has 0 radical (unpaired) electrons. The molecular formula is C16H15NO3S. The maximum Gasteiger partial charge on any atom is 0.200 e. The quantitative estimate of drug-likeness (QED) is 0.941. The molecule has 5 heteroatoms. The Bertz CT molecular complexity index is 796. The number of hydrogen-bond donors (Lipinski definition) is 1. The molecule has 2 N–H and O–H groups in total. The minimum Gasteiger partial charge on any atom is -0.489 e. The topological polar surface area (TPSA) is 69.4 Å². The molecule has 2 aromatic rings. The molecule has 0 unspecified atom stereocenters. The number of nitrogens with two attached hydrogens (primary N) is 1. The predicted octanol–water partition coefficient (Wildman–Crippen LogP) is 2.35. The van der Waals surface area contributed by atoms with Gasteiger partial charge in [0.25, 0.3) is 0 Å². The van der Waals surface area contributed by atoms with Gasteiger partial charge in [-0.1, -0.05) is 24.3 Å². The lowest BCUT2D eigenvalue weighted by molar-refractivity contribution is 0.370. The second-order valence-corrected chi connectivity index (χ2v) is 6.59. The van der Waals surface area contributed by atoms with Gasteiger partial charge in [0.2, 0.25) is 9.84 Å². The molecule has 0 bridgehead atoms. The molecule has 0 aromatic heterocycles. The van der Waals surface area contributed by atoms with Crippen molar-refractivity contribution in [1.82, 2.24) is 0 Å². The SMILES string of the molecule is NCc1ccc2c(c1)C(COc1ccccc1)=CS2(=O)=O. The summed E-state index contributed by atoms with van der Waals surface area (Å²) in [5, 5.41) is 1.28. The number of sulfone groups is 1. The molecule has 0 aliphatic carbocycles. The van der Waals surface area contributed by atoms with E-state index in [1.807, 2.05) is 36.4 Å². The Hall–Kier alpha value is -2.11. The van der Waals surface area contributed by atoms with Crippen LogP contribution in [0.25, 0.3) is 5.57 Å². The average Bonchev–Trinajstić information content (AvgIpc) is 2.77. The van der Waals surface area contributed by atoms with E-state index in [0.717, 1.165) is 5.56 Å². The third-order valence-electron chi connectivity index (χ3n) is 3.37. The predicted molar refractivity (Wildman–Crippen MR) is 81.4 cm³/mol. The van der Waals surface area contributed by atoms with Gasteiger partial charge in [0.05, 0.1) is 4.90 Å². The van der Waals surface area contributed by atoms with Crippen molar-refractivity contribution in [2.24, 2.45) is 5.73 Å². The molecule has 2 aromatic carbocycles. The van der Waals surface area contributed by atoms with Crippen molar-refractivity contribution in [3.05, 3.63) is 65.1 Å². The molecule has 1 aliphatic rings. The van der Waals surface area contributed by atoms with Gasteiger partial charge in [-0.2, -0.15) is 0 Å². The normalized spacial score (nSPS) is 15.4. The highest BCUT2D eigenvalue weighted by Crippen LogP contribution is 2.34. The fourth-order valence-corrected chi connectivity index (χ4v) is 3.76. The molecule has 0 saturated carbocycles. The highest BCUT2D eigenvalue weighted by molar-refractivity contribution is 7.95. The van der Waals surface area contributed by atoms with Gasteiger partial charge in [-0.3, -0.25) is 0 Å². The van der Waals surface area contributed by atoms with Crippen molar-refractivity contribution in [3.8, 4) is 5.75 Å². The molecule has 3 rings (SSSR count). The van der Waals surface area contributed by atoms with Crippen LogP contribution in [0.5, 0.6) is 5.75 Å². The minimum absolute atomic E-state index is 0.213. The molecule has 0 fully saturated rings. The van der Waals surface area contributed by atoms with Crippen LogP contribution in [0.15, 0.2) is 58.8 Å². The van der Waals surface area contributed by atoms with Crippen molar-refractivity contribution in [2.45, 2.75) is 11.4 Å². The van der Waals surface area contributed by atoms with Crippen LogP contribution in [0.2, 0.25) is 0 Å². The summed E-state index contributed by atoms with van der Waals surface area (Å²) in [5.74, 6) is 0.708. The van der Waals surface area contributed by atoms with Gasteiger partial charge in [-0.05, 0) is 29.8 Å². The van der Waals surface area contributed by atoms with Crippen LogP contribution >= 0.6 is 0 Å². The first-order chi connectivity index (χ1) is 10.1. The molecule has 0 spiro atoms. The highest BCUT2D eigenvalue weighted by atomic mass is 32.2. The Morgan fingerprint density at radius 1 is 1.05 bits per heavy atom. The second-order valence-electron chi connectivity index (χ2n) is 4.82. The molecule has 0 atom stereocenters. The van der Waals surface area contributed by atoms with E-state index in [-0.39, 0.29) is 6.61 Å². The van der Waals surface area contributed by atoms with Gasteiger partial charge in [-0.15, -0.1) is 0 Å². The number of hydrogen-bond acceptors (Lipinski definition) is 4. The molecule has 108 valence electrons. The van der Waals surface area contributed by atoms with Crippen LogP contribution in [0, 0.1) is 0 Å². The Morgan fingerprint density at radius 2 is 1.81 bits per heavy atom. The summed E-state index contributed by atoms with van der Waals surface area (Å²) in [6.45, 7) is 0.588. The van der Waals surface area contributed by atoms with Crippen LogP contribution in [-0.2, 0) is 16.4 Å². The molecule has 1 heterocycles. The zero-order valence-electron chi connectivity index (χ0n) is 11.3. The molecule has 4 nitrogen and oxygen atoms in total. The Balaban J connectivity index is 1.91. The number of para-hydroxylation sites is 1. The van der Waals surface area contributed by atoms with E-state index in [9.17, 15) is 8.42 Å². The van der Waals surface area contributed by atoms with Crippen molar-refractivity contribution in [2.75, 3.05) is 6.61 Å². The van der Waals surface area contributed by atoms with E-state index in [2.05, 4.69) is 0 Å². The van der Waals surface area contributed by atoms with Gasteiger partial charge in [-0.25, -0.2) is 8.42 Å². The summed E-state index contributed by atoms with van der Waals surface area (Å²) in [6.07, 6.45) is 0. The standard InChI is InChI=1S/C16H15NO3S/c17-9-12-6-7-16-15(8-12)13(11-21(16,18)19)10-20-14-4-2-1-3-5-14/h1-8,11H,9-10,17H2. The van der Waals surface area contributed by atoms with E-state index < -0.39 is 9.84 Å². The Kier molecular flexibility index (Phi) is 3.53.